The van der Waals surface area contributed by atoms with Crippen LogP contribution in [-0.4, -0.2) is 34.1 Å². The second-order valence-electron chi connectivity index (χ2n) is 5.27. The molecule has 0 aliphatic rings. The zero-order chi connectivity index (χ0) is 16.8. The van der Waals surface area contributed by atoms with Gasteiger partial charge in [0.05, 0.1) is 17.9 Å². The predicted molar refractivity (Wildman–Crippen MR) is 84.9 cm³/mol. The Labute approximate surface area is 134 Å². The lowest BCUT2D eigenvalue weighted by Gasteiger charge is -2.14. The summed E-state index contributed by atoms with van der Waals surface area (Å²) in [5.74, 6) is -0.298. The van der Waals surface area contributed by atoms with Crippen molar-refractivity contribution in [2.45, 2.75) is 26.3 Å². The number of aliphatic hydroxyl groups is 1. The van der Waals surface area contributed by atoms with Crippen LogP contribution in [0.15, 0.2) is 30.5 Å². The Morgan fingerprint density at radius 3 is 2.74 bits per heavy atom. The van der Waals surface area contributed by atoms with Gasteiger partial charge in [-0.3, -0.25) is 0 Å². The Morgan fingerprint density at radius 2 is 2.09 bits per heavy atom. The van der Waals surface area contributed by atoms with Gasteiger partial charge >= 0.3 is 6.03 Å². The van der Waals surface area contributed by atoms with Gasteiger partial charge in [-0.1, -0.05) is 0 Å². The molecule has 1 aromatic carbocycles. The lowest BCUT2D eigenvalue weighted by molar-refractivity contribution is 0.235. The fourth-order valence-electron chi connectivity index (χ4n) is 2.30. The molecule has 7 heteroatoms. The molecule has 0 radical (unpaired) electrons. The number of amides is 2. The Kier molecular flexibility index (Phi) is 5.70. The Bertz CT molecular complexity index is 655. The summed E-state index contributed by atoms with van der Waals surface area (Å²) < 4.78 is 14.7. The number of nitrogens with zero attached hydrogens (tertiary/aromatic N) is 2. The second-order valence-corrected chi connectivity index (χ2v) is 5.27. The number of hydrogen-bond acceptors (Lipinski definition) is 3. The molecule has 0 saturated carbocycles. The first kappa shape index (κ1) is 17.0. The van der Waals surface area contributed by atoms with Gasteiger partial charge in [0.25, 0.3) is 0 Å². The smallest absolute Gasteiger partial charge is 0.315 e. The van der Waals surface area contributed by atoms with Gasteiger partial charge in [-0.2, -0.15) is 5.10 Å². The largest absolute Gasteiger partial charge is 0.396 e. The zero-order valence-electron chi connectivity index (χ0n) is 13.2. The van der Waals surface area contributed by atoms with Crippen molar-refractivity contribution in [3.05, 3.63) is 47.5 Å². The average molecular weight is 320 g/mol. The molecule has 6 nitrogen and oxygen atoms in total. The van der Waals surface area contributed by atoms with E-state index in [9.17, 15) is 9.18 Å². The molecule has 1 unspecified atom stereocenters. The maximum absolute atomic E-state index is 13.0. The number of rotatable bonds is 6. The minimum Gasteiger partial charge on any atom is -0.396 e. The first-order chi connectivity index (χ1) is 11.0. The lowest BCUT2D eigenvalue weighted by atomic mass is 10.1. The molecule has 0 aliphatic carbocycles. The standard InChI is InChI=1S/C16H21FN4O2/c1-11(20-16(23)18-8-3-9-22)15-10-19-21(12(15)2)14-6-4-13(17)5-7-14/h4-7,10-11,22H,3,8-9H2,1-2H3,(H2,18,20,23). The maximum Gasteiger partial charge on any atom is 0.315 e. The molecule has 23 heavy (non-hydrogen) atoms. The highest BCUT2D eigenvalue weighted by molar-refractivity contribution is 5.74. The van der Waals surface area contributed by atoms with Crippen LogP contribution in [0.25, 0.3) is 5.69 Å². The van der Waals surface area contributed by atoms with Gasteiger partial charge in [-0.25, -0.2) is 13.9 Å². The van der Waals surface area contributed by atoms with Crippen molar-refractivity contribution in [1.82, 2.24) is 20.4 Å². The van der Waals surface area contributed by atoms with Crippen molar-refractivity contribution >= 4 is 6.03 Å². The summed E-state index contributed by atoms with van der Waals surface area (Å²) in [4.78, 5) is 11.8. The Balaban J connectivity index is 2.06. The molecule has 2 rings (SSSR count). The van der Waals surface area contributed by atoms with E-state index in [1.165, 1.54) is 12.1 Å². The minimum absolute atomic E-state index is 0.0411. The monoisotopic (exact) mass is 320 g/mol. The van der Waals surface area contributed by atoms with Gasteiger partial charge in [0.15, 0.2) is 0 Å². The third-order valence-electron chi connectivity index (χ3n) is 3.55. The fraction of sp³-hybridized carbons (Fsp3) is 0.375. The number of urea groups is 1. The maximum atomic E-state index is 13.0. The van der Waals surface area contributed by atoms with Crippen LogP contribution in [0.1, 0.15) is 30.6 Å². The van der Waals surface area contributed by atoms with Crippen LogP contribution in [0.5, 0.6) is 0 Å². The van der Waals surface area contributed by atoms with Gasteiger partial charge in [0, 0.05) is 24.4 Å². The highest BCUT2D eigenvalue weighted by atomic mass is 19.1. The SMILES string of the molecule is Cc1c(C(C)NC(=O)NCCCO)cnn1-c1ccc(F)cc1. The fourth-order valence-corrected chi connectivity index (χ4v) is 2.30. The summed E-state index contributed by atoms with van der Waals surface area (Å²) in [5.41, 5.74) is 2.51. The predicted octanol–water partition coefficient (Wildman–Crippen LogP) is 2.06. The average Bonchev–Trinajstić information content (AvgIpc) is 2.90. The molecule has 0 bridgehead atoms. The normalized spacial score (nSPS) is 12.0. The van der Waals surface area contributed by atoms with Gasteiger partial charge in [0.2, 0.25) is 0 Å². The molecule has 3 N–H and O–H groups in total. The van der Waals surface area contributed by atoms with Crippen molar-refractivity contribution < 1.29 is 14.3 Å². The van der Waals surface area contributed by atoms with Gasteiger partial charge in [0.1, 0.15) is 5.82 Å². The number of nitrogens with one attached hydrogen (secondary N) is 2. The summed E-state index contributed by atoms with van der Waals surface area (Å²) in [6, 6.07) is 5.55. The zero-order valence-corrected chi connectivity index (χ0v) is 13.2. The Morgan fingerprint density at radius 1 is 1.39 bits per heavy atom. The van der Waals surface area contributed by atoms with E-state index < -0.39 is 0 Å². The van der Waals surface area contributed by atoms with Crippen molar-refractivity contribution in [3.63, 3.8) is 0 Å². The van der Waals surface area contributed by atoms with Crippen molar-refractivity contribution in [2.24, 2.45) is 0 Å². The number of carbonyl (C=O) groups is 1. The first-order valence-electron chi connectivity index (χ1n) is 7.48. The molecule has 2 amide bonds. The summed E-state index contributed by atoms with van der Waals surface area (Å²) in [7, 11) is 0. The molecule has 0 aliphatic heterocycles. The number of benzene rings is 1. The molecule has 0 fully saturated rings. The van der Waals surface area contributed by atoms with E-state index in [0.717, 1.165) is 16.9 Å². The summed E-state index contributed by atoms with van der Waals surface area (Å²) in [6.45, 7) is 4.22. The number of aliphatic hydroxyl groups excluding tert-OH is 1. The van der Waals surface area contributed by atoms with E-state index >= 15 is 0 Å². The van der Waals surface area contributed by atoms with Crippen LogP contribution in [0.2, 0.25) is 0 Å². The van der Waals surface area contributed by atoms with Crippen molar-refractivity contribution in [2.75, 3.05) is 13.2 Å². The summed E-state index contributed by atoms with van der Waals surface area (Å²) in [6.07, 6.45) is 2.21. The number of aromatic nitrogens is 2. The molecule has 1 atom stereocenters. The van der Waals surface area contributed by atoms with Crippen LogP contribution in [-0.2, 0) is 0 Å². The number of hydrogen-bond donors (Lipinski definition) is 3. The van der Waals surface area contributed by atoms with Crippen molar-refractivity contribution in [3.8, 4) is 5.69 Å². The quantitative estimate of drug-likeness (QED) is 0.713. The lowest BCUT2D eigenvalue weighted by Crippen LogP contribution is -2.37. The van der Waals surface area contributed by atoms with E-state index in [1.807, 2.05) is 13.8 Å². The Hall–Kier alpha value is -2.41. The van der Waals surface area contributed by atoms with Crippen LogP contribution >= 0.6 is 0 Å². The molecule has 0 saturated heterocycles. The van der Waals surface area contributed by atoms with E-state index in [1.54, 1.807) is 23.0 Å². The molecular weight excluding hydrogens is 299 g/mol. The third-order valence-corrected chi connectivity index (χ3v) is 3.55. The highest BCUT2D eigenvalue weighted by Gasteiger charge is 2.16. The summed E-state index contributed by atoms with van der Waals surface area (Å²) >= 11 is 0. The molecule has 1 heterocycles. The number of halogens is 1. The summed E-state index contributed by atoms with van der Waals surface area (Å²) in [5, 5.41) is 18.5. The van der Waals surface area contributed by atoms with E-state index in [-0.39, 0.29) is 24.5 Å². The molecule has 1 aromatic heterocycles. The topological polar surface area (TPSA) is 79.2 Å². The molecular formula is C16H21FN4O2. The van der Waals surface area contributed by atoms with Crippen molar-refractivity contribution in [1.29, 1.82) is 0 Å². The van der Waals surface area contributed by atoms with Gasteiger partial charge < -0.3 is 15.7 Å². The second kappa shape index (κ2) is 7.73. The van der Waals surface area contributed by atoms with Crippen LogP contribution in [0.4, 0.5) is 9.18 Å². The molecule has 2 aromatic rings. The van der Waals surface area contributed by atoms with Gasteiger partial charge in [-0.05, 0) is 44.5 Å². The van der Waals surface area contributed by atoms with E-state index in [0.29, 0.717) is 13.0 Å². The highest BCUT2D eigenvalue weighted by Crippen LogP contribution is 2.20. The molecule has 0 spiro atoms. The van der Waals surface area contributed by atoms with Gasteiger partial charge in [-0.15, -0.1) is 0 Å². The first-order valence-corrected chi connectivity index (χ1v) is 7.48. The molecule has 124 valence electrons. The van der Waals surface area contributed by atoms with Crippen LogP contribution in [0, 0.1) is 12.7 Å². The third kappa shape index (κ3) is 4.29. The number of carbonyl (C=O) groups excluding carboxylic acids is 1. The van der Waals surface area contributed by atoms with E-state index in [2.05, 4.69) is 15.7 Å². The van der Waals surface area contributed by atoms with E-state index in [4.69, 9.17) is 5.11 Å². The minimum atomic E-state index is -0.298. The van der Waals surface area contributed by atoms with Crippen LogP contribution < -0.4 is 10.6 Å². The van der Waals surface area contributed by atoms with Crippen LogP contribution in [0.3, 0.4) is 0 Å².